The molecule has 0 radical (unpaired) electrons. The smallest absolute Gasteiger partial charge is 0.0851 e. The molecule has 0 aliphatic carbocycles. The van der Waals surface area contributed by atoms with E-state index in [4.69, 9.17) is 5.84 Å². The van der Waals surface area contributed by atoms with E-state index < -0.39 is 0 Å². The molecule has 0 spiro atoms. The molecule has 0 aliphatic heterocycles. The average Bonchev–Trinajstić information content (AvgIpc) is 0.722. The van der Waals surface area contributed by atoms with Gasteiger partial charge in [-0.1, -0.05) is 0 Å². The molecule has 0 aromatic carbocycles. The van der Waals surface area contributed by atoms with E-state index in [1.807, 2.05) is 21.1 Å². The van der Waals surface area contributed by atoms with Gasteiger partial charge < -0.3 is 12.4 Å². The Bertz CT molecular complexity index is 24.3. The van der Waals surface area contributed by atoms with Crippen molar-refractivity contribution in [2.75, 3.05) is 21.1 Å². The van der Waals surface area contributed by atoms with Crippen LogP contribution in [0.5, 0.6) is 0 Å². The Morgan fingerprint density at radius 2 is 1.17 bits per heavy atom. The summed E-state index contributed by atoms with van der Waals surface area (Å²) in [6, 6.07) is 0. The fraction of sp³-hybridized carbons (Fsp3) is 1.00. The van der Waals surface area contributed by atoms with Crippen LogP contribution in [0.15, 0.2) is 0 Å². The normalized spacial score (nSPS) is 10.0. The summed E-state index contributed by atoms with van der Waals surface area (Å²) in [4.78, 5) is 0. The number of hydrogen-bond donors (Lipinski definition) is 1. The van der Waals surface area contributed by atoms with Gasteiger partial charge in [-0.25, -0.2) is 0 Å². The van der Waals surface area contributed by atoms with Gasteiger partial charge in [0.25, 0.3) is 0 Å². The van der Waals surface area contributed by atoms with Crippen molar-refractivity contribution in [2.45, 2.75) is 0 Å². The van der Waals surface area contributed by atoms with Crippen LogP contribution in [0.4, 0.5) is 0 Å². The van der Waals surface area contributed by atoms with Gasteiger partial charge in [0, 0.05) is 0 Å². The third-order valence-corrected chi connectivity index (χ3v) is 0. The fourth-order valence-electron chi connectivity index (χ4n) is 0. The van der Waals surface area contributed by atoms with Crippen LogP contribution in [-0.4, -0.2) is 25.7 Å². The number of hydrogen-bond acceptors (Lipinski definition) is 1. The average molecular weight is 111 g/mol. The lowest BCUT2D eigenvalue weighted by Gasteiger charge is -2.12. The SMILES string of the molecule is C[N+](C)(C)N.[Cl-]. The molecule has 0 atom stereocenters. The van der Waals surface area contributed by atoms with E-state index in [2.05, 4.69) is 0 Å². The maximum absolute atomic E-state index is 5.29. The number of quaternary nitrogens is 1. The van der Waals surface area contributed by atoms with Gasteiger partial charge in [0.1, 0.15) is 0 Å². The Balaban J connectivity index is 0. The van der Waals surface area contributed by atoms with E-state index in [1.54, 1.807) is 0 Å². The van der Waals surface area contributed by atoms with Crippen LogP contribution >= 0.6 is 0 Å². The molecule has 0 aromatic heterocycles. The number of nitrogens with two attached hydrogens (primary N) is 1. The number of halogens is 1. The first-order valence-electron chi connectivity index (χ1n) is 1.60. The Morgan fingerprint density at radius 1 is 1.17 bits per heavy atom. The largest absolute Gasteiger partial charge is 1.00 e. The second-order valence-corrected chi connectivity index (χ2v) is 2.12. The van der Waals surface area contributed by atoms with E-state index in [9.17, 15) is 0 Å². The first-order chi connectivity index (χ1) is 2.00. The molecule has 0 unspecified atom stereocenters. The second-order valence-electron chi connectivity index (χ2n) is 2.12. The first-order valence-corrected chi connectivity index (χ1v) is 1.60. The zero-order valence-corrected chi connectivity index (χ0v) is 5.16. The van der Waals surface area contributed by atoms with E-state index in [-0.39, 0.29) is 12.4 Å². The van der Waals surface area contributed by atoms with Gasteiger partial charge in [-0.3, -0.25) is 4.59 Å². The van der Waals surface area contributed by atoms with Gasteiger partial charge >= 0.3 is 0 Å². The summed E-state index contributed by atoms with van der Waals surface area (Å²) in [5, 5.41) is 0. The Kier molecular flexibility index (Phi) is 3.80. The lowest BCUT2D eigenvalue weighted by molar-refractivity contribution is -0.882. The molecule has 0 aliphatic rings. The van der Waals surface area contributed by atoms with Crippen LogP contribution in [0, 0.1) is 0 Å². The summed E-state index contributed by atoms with van der Waals surface area (Å²) in [6.45, 7) is 0. The lowest BCUT2D eigenvalue weighted by Crippen LogP contribution is -3.00. The molecule has 0 aromatic rings. The van der Waals surface area contributed by atoms with E-state index in [1.165, 1.54) is 0 Å². The molecular formula is C3H11ClN2. The van der Waals surface area contributed by atoms with Crippen molar-refractivity contribution in [1.29, 1.82) is 0 Å². The molecule has 0 rings (SSSR count). The van der Waals surface area contributed by atoms with Crippen LogP contribution in [0.1, 0.15) is 0 Å². The molecule has 3 heteroatoms. The zero-order valence-electron chi connectivity index (χ0n) is 4.40. The molecule has 6 heavy (non-hydrogen) atoms. The molecule has 2 N–H and O–H groups in total. The summed E-state index contributed by atoms with van der Waals surface area (Å²) < 4.78 is 0.500. The highest BCUT2D eigenvalue weighted by molar-refractivity contribution is 3.80. The number of nitrogens with zero attached hydrogens (tertiary/aromatic N) is 1. The quantitative estimate of drug-likeness (QED) is 0.196. The second kappa shape index (κ2) is 2.39. The highest BCUT2D eigenvalue weighted by Gasteiger charge is 1.89. The minimum atomic E-state index is 0. The Morgan fingerprint density at radius 3 is 1.17 bits per heavy atom. The standard InChI is InChI=1S/C3H11N2.ClH/c1-5(2,3)4;/h4H2,1-3H3;1H/q+1;/p-1. The van der Waals surface area contributed by atoms with Crippen molar-refractivity contribution >= 4 is 0 Å². The van der Waals surface area contributed by atoms with Crippen LogP contribution in [0.25, 0.3) is 0 Å². The third kappa shape index (κ3) is 984. The molecule has 0 saturated carbocycles. The number of rotatable bonds is 0. The van der Waals surface area contributed by atoms with E-state index >= 15 is 0 Å². The monoisotopic (exact) mass is 110 g/mol. The van der Waals surface area contributed by atoms with Gasteiger partial charge in [0.05, 0.1) is 21.1 Å². The maximum Gasteiger partial charge on any atom is 0.0851 e. The predicted octanol–water partition coefficient (Wildman–Crippen LogP) is -3.43. The summed E-state index contributed by atoms with van der Waals surface area (Å²) in [7, 11) is 5.71. The van der Waals surface area contributed by atoms with Gasteiger partial charge in [-0.15, -0.1) is 0 Å². The van der Waals surface area contributed by atoms with Crippen molar-refractivity contribution in [2.24, 2.45) is 5.84 Å². The summed E-state index contributed by atoms with van der Waals surface area (Å²) in [5.41, 5.74) is 0. The van der Waals surface area contributed by atoms with Crippen LogP contribution in [0.3, 0.4) is 0 Å². The lowest BCUT2D eigenvalue weighted by atomic mass is 10.9. The highest BCUT2D eigenvalue weighted by Crippen LogP contribution is 1.65. The summed E-state index contributed by atoms with van der Waals surface area (Å²) >= 11 is 0. The van der Waals surface area contributed by atoms with Crippen molar-refractivity contribution in [3.8, 4) is 0 Å². The molecule has 40 valence electrons. The Hall–Kier alpha value is 0.210. The predicted molar refractivity (Wildman–Crippen MR) is 22.2 cm³/mol. The van der Waals surface area contributed by atoms with Crippen LogP contribution in [-0.2, 0) is 0 Å². The third-order valence-electron chi connectivity index (χ3n) is 0. The van der Waals surface area contributed by atoms with E-state index in [0.29, 0.717) is 4.59 Å². The Labute approximate surface area is 44.9 Å². The van der Waals surface area contributed by atoms with Gasteiger partial charge in [0.15, 0.2) is 0 Å². The van der Waals surface area contributed by atoms with E-state index in [0.717, 1.165) is 0 Å². The minimum absolute atomic E-state index is 0. The van der Waals surface area contributed by atoms with Crippen molar-refractivity contribution in [1.82, 2.24) is 0 Å². The van der Waals surface area contributed by atoms with Gasteiger partial charge in [-0.2, -0.15) is 5.84 Å². The van der Waals surface area contributed by atoms with Gasteiger partial charge in [-0.05, 0) is 0 Å². The molecule has 0 bridgehead atoms. The molecule has 0 fully saturated rings. The minimum Gasteiger partial charge on any atom is -1.00 e. The molecule has 2 nitrogen and oxygen atoms in total. The first kappa shape index (κ1) is 9.51. The summed E-state index contributed by atoms with van der Waals surface area (Å²) in [6.07, 6.45) is 0. The molecule has 0 amide bonds. The topological polar surface area (TPSA) is 26.0 Å². The molecule has 0 heterocycles. The fourth-order valence-corrected chi connectivity index (χ4v) is 0. The maximum atomic E-state index is 5.29. The van der Waals surface area contributed by atoms with Crippen molar-refractivity contribution in [3.05, 3.63) is 0 Å². The van der Waals surface area contributed by atoms with Crippen molar-refractivity contribution < 1.29 is 17.0 Å². The van der Waals surface area contributed by atoms with Gasteiger partial charge in [0.2, 0.25) is 0 Å². The van der Waals surface area contributed by atoms with Crippen LogP contribution in [0.2, 0.25) is 0 Å². The molecule has 0 saturated heterocycles. The summed E-state index contributed by atoms with van der Waals surface area (Å²) in [5.74, 6) is 5.29. The van der Waals surface area contributed by atoms with Crippen LogP contribution < -0.4 is 18.2 Å². The zero-order chi connectivity index (χ0) is 4.50. The molecular weight excluding hydrogens is 99.5 g/mol. The van der Waals surface area contributed by atoms with Crippen molar-refractivity contribution in [3.63, 3.8) is 0 Å². The highest BCUT2D eigenvalue weighted by atomic mass is 35.5.